The number of hydrogen-bond donors (Lipinski definition) is 2. The first-order valence-corrected chi connectivity index (χ1v) is 9.21. The lowest BCUT2D eigenvalue weighted by Crippen LogP contribution is -1.83. The summed E-state index contributed by atoms with van der Waals surface area (Å²) in [6, 6.07) is 10.6. The van der Waals surface area contributed by atoms with E-state index >= 15 is 0 Å². The fraction of sp³-hybridized carbons (Fsp3) is 0.0909. The molecule has 0 fully saturated rings. The summed E-state index contributed by atoms with van der Waals surface area (Å²) in [5, 5.41) is 23.9. The van der Waals surface area contributed by atoms with Crippen LogP contribution in [0.2, 0.25) is 0 Å². The molecule has 3 rings (SSSR count). The minimum absolute atomic E-state index is 0.115. The summed E-state index contributed by atoms with van der Waals surface area (Å²) >= 11 is 1.61. The summed E-state index contributed by atoms with van der Waals surface area (Å²) < 4.78 is 10.1. The number of phenols is 2. The first-order chi connectivity index (χ1) is 13.1. The molecule has 5 heteroatoms. The van der Waals surface area contributed by atoms with Crippen LogP contribution < -0.4 is 9.47 Å². The first kappa shape index (κ1) is 18.6. The molecule has 0 aliphatic heterocycles. The van der Waals surface area contributed by atoms with Gasteiger partial charge < -0.3 is 19.7 Å². The number of ether oxygens (including phenoxy) is 2. The Morgan fingerprint density at radius 2 is 1.15 bits per heavy atom. The summed E-state index contributed by atoms with van der Waals surface area (Å²) in [7, 11) is 3.05. The molecule has 0 amide bonds. The molecule has 0 saturated heterocycles. The highest BCUT2D eigenvalue weighted by atomic mass is 32.1. The lowest BCUT2D eigenvalue weighted by molar-refractivity contribution is 0.373. The predicted molar refractivity (Wildman–Crippen MR) is 111 cm³/mol. The second kappa shape index (κ2) is 8.47. The quantitative estimate of drug-likeness (QED) is 0.591. The van der Waals surface area contributed by atoms with E-state index in [1.807, 2.05) is 36.4 Å². The maximum atomic E-state index is 9.88. The average molecular weight is 380 g/mol. The van der Waals surface area contributed by atoms with E-state index in [2.05, 4.69) is 10.8 Å². The van der Waals surface area contributed by atoms with E-state index in [9.17, 15) is 10.2 Å². The second-order valence-corrected chi connectivity index (χ2v) is 6.56. The van der Waals surface area contributed by atoms with E-state index in [0.29, 0.717) is 11.5 Å². The molecule has 1 aromatic heterocycles. The average Bonchev–Trinajstić information content (AvgIpc) is 3.12. The minimum atomic E-state index is 0.115. The van der Waals surface area contributed by atoms with Gasteiger partial charge in [0.25, 0.3) is 0 Å². The third kappa shape index (κ3) is 4.51. The van der Waals surface area contributed by atoms with E-state index in [1.54, 1.807) is 35.6 Å². The Labute approximate surface area is 162 Å². The number of thiophene rings is 1. The Bertz CT molecular complexity index is 908. The Morgan fingerprint density at radius 1 is 0.704 bits per heavy atom. The normalized spacial score (nSPS) is 11.3. The van der Waals surface area contributed by atoms with Crippen LogP contribution in [0.25, 0.3) is 24.3 Å². The van der Waals surface area contributed by atoms with Crippen molar-refractivity contribution in [3.8, 4) is 23.0 Å². The maximum absolute atomic E-state index is 9.88. The van der Waals surface area contributed by atoms with Gasteiger partial charge in [0.05, 0.1) is 14.2 Å². The van der Waals surface area contributed by atoms with Crippen molar-refractivity contribution >= 4 is 35.6 Å². The molecule has 3 aromatic rings. The number of benzene rings is 2. The van der Waals surface area contributed by atoms with Crippen molar-refractivity contribution in [2.24, 2.45) is 0 Å². The molecule has 2 aromatic carbocycles. The van der Waals surface area contributed by atoms with E-state index < -0.39 is 0 Å². The molecule has 0 unspecified atom stereocenters. The van der Waals surface area contributed by atoms with E-state index in [4.69, 9.17) is 9.47 Å². The van der Waals surface area contributed by atoms with Crippen molar-refractivity contribution in [3.63, 3.8) is 0 Å². The van der Waals surface area contributed by atoms with Crippen LogP contribution in [0, 0.1) is 0 Å². The molecule has 0 radical (unpaired) electrons. The second-order valence-electron chi connectivity index (χ2n) is 5.81. The van der Waals surface area contributed by atoms with Gasteiger partial charge in [-0.15, -0.1) is 0 Å². The zero-order valence-electron chi connectivity index (χ0n) is 15.0. The number of aromatic hydroxyl groups is 2. The van der Waals surface area contributed by atoms with E-state index in [1.165, 1.54) is 14.2 Å². The molecule has 27 heavy (non-hydrogen) atoms. The van der Waals surface area contributed by atoms with Crippen LogP contribution in [0.15, 0.2) is 47.2 Å². The highest BCUT2D eigenvalue weighted by Gasteiger charge is 2.03. The molecule has 0 bridgehead atoms. The summed E-state index contributed by atoms with van der Waals surface area (Å²) in [5.74, 6) is 1.14. The van der Waals surface area contributed by atoms with Gasteiger partial charge in [-0.25, -0.2) is 0 Å². The monoisotopic (exact) mass is 380 g/mol. The van der Waals surface area contributed by atoms with Gasteiger partial charge >= 0.3 is 0 Å². The predicted octanol–water partition coefficient (Wildman–Crippen LogP) is 5.52. The van der Waals surface area contributed by atoms with Gasteiger partial charge in [-0.2, -0.15) is 11.3 Å². The molecule has 0 saturated carbocycles. The Hall–Kier alpha value is -3.18. The molecular weight excluding hydrogens is 360 g/mol. The van der Waals surface area contributed by atoms with E-state index in [0.717, 1.165) is 22.3 Å². The Morgan fingerprint density at radius 3 is 1.52 bits per heavy atom. The molecule has 4 nitrogen and oxygen atoms in total. The zero-order valence-corrected chi connectivity index (χ0v) is 15.9. The smallest absolute Gasteiger partial charge is 0.160 e. The van der Waals surface area contributed by atoms with Crippen LogP contribution in [-0.2, 0) is 0 Å². The number of rotatable bonds is 6. The van der Waals surface area contributed by atoms with Crippen molar-refractivity contribution in [2.45, 2.75) is 0 Å². The van der Waals surface area contributed by atoms with Crippen molar-refractivity contribution < 1.29 is 19.7 Å². The van der Waals surface area contributed by atoms with Crippen molar-refractivity contribution in [1.82, 2.24) is 0 Å². The standard InChI is InChI=1S/C22H20O4S/c1-25-21-9-5-15(11-19(21)23)3-7-17-13-27-14-18(17)8-4-16-6-10-22(26-2)20(24)12-16/h3-14,23-24H,1-2H3/b7-3+,8-4+. The van der Waals surface area contributed by atoms with E-state index in [-0.39, 0.29) is 11.5 Å². The Balaban J connectivity index is 1.77. The number of hydrogen-bond acceptors (Lipinski definition) is 5. The molecule has 2 N–H and O–H groups in total. The topological polar surface area (TPSA) is 58.9 Å². The summed E-state index contributed by atoms with van der Waals surface area (Å²) in [6.07, 6.45) is 7.89. The fourth-order valence-corrected chi connectivity index (χ4v) is 3.37. The highest BCUT2D eigenvalue weighted by molar-refractivity contribution is 7.08. The van der Waals surface area contributed by atoms with Crippen molar-refractivity contribution in [3.05, 3.63) is 69.4 Å². The zero-order chi connectivity index (χ0) is 19.2. The van der Waals surface area contributed by atoms with Crippen LogP contribution in [-0.4, -0.2) is 24.4 Å². The number of methoxy groups -OCH3 is 2. The minimum Gasteiger partial charge on any atom is -0.504 e. The van der Waals surface area contributed by atoms with Gasteiger partial charge in [0.1, 0.15) is 0 Å². The molecule has 0 atom stereocenters. The fourth-order valence-electron chi connectivity index (χ4n) is 2.58. The lowest BCUT2D eigenvalue weighted by Gasteiger charge is -2.03. The summed E-state index contributed by atoms with van der Waals surface area (Å²) in [4.78, 5) is 0. The summed E-state index contributed by atoms with van der Waals surface area (Å²) in [5.41, 5.74) is 3.91. The SMILES string of the molecule is COc1ccc(/C=C/c2cscc2/C=C/c2ccc(OC)c(O)c2)cc1O. The first-order valence-electron chi connectivity index (χ1n) is 8.27. The largest absolute Gasteiger partial charge is 0.504 e. The van der Waals surface area contributed by atoms with Gasteiger partial charge in [-0.1, -0.05) is 36.4 Å². The molecule has 138 valence electrons. The third-order valence-electron chi connectivity index (χ3n) is 4.04. The lowest BCUT2D eigenvalue weighted by atomic mass is 10.1. The highest BCUT2D eigenvalue weighted by Crippen LogP contribution is 2.29. The molecule has 1 heterocycles. The molecule has 0 aliphatic carbocycles. The van der Waals surface area contributed by atoms with Crippen molar-refractivity contribution in [2.75, 3.05) is 14.2 Å². The van der Waals surface area contributed by atoms with Gasteiger partial charge in [-0.05, 0) is 57.3 Å². The summed E-state index contributed by atoms with van der Waals surface area (Å²) in [6.45, 7) is 0. The van der Waals surface area contributed by atoms with Gasteiger partial charge in [0.15, 0.2) is 23.0 Å². The molecule has 0 spiro atoms. The molecular formula is C22H20O4S. The van der Waals surface area contributed by atoms with Crippen LogP contribution >= 0.6 is 11.3 Å². The van der Waals surface area contributed by atoms with Crippen LogP contribution in [0.3, 0.4) is 0 Å². The number of phenolic OH excluding ortho intramolecular Hbond substituents is 2. The van der Waals surface area contributed by atoms with Crippen LogP contribution in [0.5, 0.6) is 23.0 Å². The van der Waals surface area contributed by atoms with Crippen molar-refractivity contribution in [1.29, 1.82) is 0 Å². The van der Waals surface area contributed by atoms with Crippen LogP contribution in [0.1, 0.15) is 22.3 Å². The maximum Gasteiger partial charge on any atom is 0.160 e. The van der Waals surface area contributed by atoms with Gasteiger partial charge in [0, 0.05) is 0 Å². The third-order valence-corrected chi connectivity index (χ3v) is 4.82. The van der Waals surface area contributed by atoms with Gasteiger partial charge in [0.2, 0.25) is 0 Å². The van der Waals surface area contributed by atoms with Crippen LogP contribution in [0.4, 0.5) is 0 Å². The molecule has 0 aliphatic rings. The Kier molecular flexibility index (Phi) is 5.84. The van der Waals surface area contributed by atoms with Gasteiger partial charge in [-0.3, -0.25) is 0 Å².